The third kappa shape index (κ3) is 4.46. The first-order valence-corrected chi connectivity index (χ1v) is 10.1. The van der Waals surface area contributed by atoms with Crippen LogP contribution in [0.15, 0.2) is 53.4 Å². The van der Waals surface area contributed by atoms with Crippen LogP contribution >= 0.6 is 11.8 Å². The van der Waals surface area contributed by atoms with E-state index in [-0.39, 0.29) is 25.0 Å². The Kier molecular flexibility index (Phi) is 6.95. The Balaban J connectivity index is 1.99. The molecule has 2 aromatic carbocycles. The number of thioether (sulfide) groups is 1. The van der Waals surface area contributed by atoms with Gasteiger partial charge in [-0.1, -0.05) is 36.4 Å². The Morgan fingerprint density at radius 1 is 0.897 bits per heavy atom. The first-order chi connectivity index (χ1) is 14.1. The second-order valence-electron chi connectivity index (χ2n) is 6.30. The molecule has 0 N–H and O–H groups in total. The molecule has 29 heavy (non-hydrogen) atoms. The highest BCUT2D eigenvalue weighted by molar-refractivity contribution is 8.03. The number of nitrogens with zero attached hydrogens (tertiary/aromatic N) is 1. The number of carbonyl (C=O) groups excluding carboxylic acids is 2. The van der Waals surface area contributed by atoms with E-state index < -0.39 is 0 Å². The summed E-state index contributed by atoms with van der Waals surface area (Å²) in [7, 11) is 4.63. The van der Waals surface area contributed by atoms with E-state index in [1.165, 1.54) is 23.8 Å². The summed E-state index contributed by atoms with van der Waals surface area (Å²) in [5.41, 5.74) is 2.08. The molecule has 0 atom stereocenters. The number of rotatable bonds is 9. The van der Waals surface area contributed by atoms with Gasteiger partial charge in [-0.15, -0.1) is 11.8 Å². The summed E-state index contributed by atoms with van der Waals surface area (Å²) < 4.78 is 15.7. The molecule has 0 spiro atoms. The van der Waals surface area contributed by atoms with Gasteiger partial charge in [0, 0.05) is 12.9 Å². The predicted molar refractivity (Wildman–Crippen MR) is 113 cm³/mol. The third-order valence-electron chi connectivity index (χ3n) is 4.54. The number of hydrogen-bond donors (Lipinski definition) is 0. The topological polar surface area (TPSA) is 65.1 Å². The average Bonchev–Trinajstić information content (AvgIpc) is 3.00. The summed E-state index contributed by atoms with van der Waals surface area (Å²) in [5.74, 6) is 1.03. The van der Waals surface area contributed by atoms with Crippen LogP contribution in [0.25, 0.3) is 5.57 Å². The van der Waals surface area contributed by atoms with Gasteiger partial charge in [-0.2, -0.15) is 0 Å². The molecule has 0 aliphatic carbocycles. The molecule has 0 unspecified atom stereocenters. The molecule has 7 heteroatoms. The second kappa shape index (κ2) is 9.62. The van der Waals surface area contributed by atoms with Crippen molar-refractivity contribution in [1.82, 2.24) is 4.90 Å². The Hall–Kier alpha value is -2.77. The molecule has 0 aromatic heterocycles. The summed E-state index contributed by atoms with van der Waals surface area (Å²) in [5, 5.41) is 0. The van der Waals surface area contributed by atoms with E-state index in [0.717, 1.165) is 5.56 Å². The zero-order chi connectivity index (χ0) is 20.8. The number of hydrogen-bond acceptors (Lipinski definition) is 6. The Morgan fingerprint density at radius 2 is 1.62 bits per heavy atom. The van der Waals surface area contributed by atoms with Crippen LogP contribution in [0, 0.1) is 0 Å². The van der Waals surface area contributed by atoms with Gasteiger partial charge in [0.2, 0.25) is 0 Å². The minimum atomic E-state index is -0.324. The molecule has 1 aliphatic heterocycles. The van der Waals surface area contributed by atoms with E-state index in [4.69, 9.17) is 14.2 Å². The number of imide groups is 1. The molecule has 6 nitrogen and oxygen atoms in total. The molecule has 0 saturated heterocycles. The maximum atomic E-state index is 13.1. The SMILES string of the molecule is COCCN1C(=O)C(SCc2ccccc2)=C(c2ccc(OC)c(OC)c2)C1=O. The molecule has 0 saturated carbocycles. The highest BCUT2D eigenvalue weighted by atomic mass is 32.2. The Labute approximate surface area is 174 Å². The van der Waals surface area contributed by atoms with E-state index in [1.54, 1.807) is 32.4 Å². The summed E-state index contributed by atoms with van der Waals surface area (Å²) in [6.45, 7) is 0.494. The van der Waals surface area contributed by atoms with Gasteiger partial charge in [-0.3, -0.25) is 14.5 Å². The van der Waals surface area contributed by atoms with Crippen LogP contribution in [0.3, 0.4) is 0 Å². The maximum Gasteiger partial charge on any atom is 0.268 e. The lowest BCUT2D eigenvalue weighted by Crippen LogP contribution is -2.34. The molecule has 2 aromatic rings. The van der Waals surface area contributed by atoms with Crippen LogP contribution in [-0.2, 0) is 20.1 Å². The van der Waals surface area contributed by atoms with E-state index >= 15 is 0 Å². The molecule has 3 rings (SSSR count). The zero-order valence-electron chi connectivity index (χ0n) is 16.6. The second-order valence-corrected chi connectivity index (χ2v) is 7.29. The number of ether oxygens (including phenoxy) is 3. The molecule has 0 bridgehead atoms. The van der Waals surface area contributed by atoms with E-state index in [9.17, 15) is 9.59 Å². The average molecular weight is 413 g/mol. The van der Waals surface area contributed by atoms with Gasteiger partial charge in [-0.05, 0) is 23.3 Å². The lowest BCUT2D eigenvalue weighted by molar-refractivity contribution is -0.137. The summed E-state index contributed by atoms with van der Waals surface area (Å²) in [4.78, 5) is 27.8. The molecular formula is C22H23NO5S. The van der Waals surface area contributed by atoms with Crippen LogP contribution in [0.2, 0.25) is 0 Å². The highest BCUT2D eigenvalue weighted by Gasteiger charge is 2.39. The first-order valence-electron chi connectivity index (χ1n) is 9.09. The predicted octanol–water partition coefficient (Wildman–Crippen LogP) is 3.36. The van der Waals surface area contributed by atoms with Crippen molar-refractivity contribution >= 4 is 29.1 Å². The quantitative estimate of drug-likeness (QED) is 0.588. The van der Waals surface area contributed by atoms with Gasteiger partial charge in [0.15, 0.2) is 11.5 Å². The molecule has 2 amide bonds. The van der Waals surface area contributed by atoms with Crippen molar-refractivity contribution in [2.75, 3.05) is 34.5 Å². The van der Waals surface area contributed by atoms with Gasteiger partial charge in [0.1, 0.15) is 0 Å². The number of amides is 2. The smallest absolute Gasteiger partial charge is 0.268 e. The van der Waals surface area contributed by atoms with Gasteiger partial charge < -0.3 is 14.2 Å². The van der Waals surface area contributed by atoms with Crippen LogP contribution < -0.4 is 9.47 Å². The molecule has 1 heterocycles. The van der Waals surface area contributed by atoms with E-state index in [1.807, 2.05) is 30.3 Å². The number of methoxy groups -OCH3 is 3. The monoisotopic (exact) mass is 413 g/mol. The zero-order valence-corrected chi connectivity index (χ0v) is 17.5. The standard InChI is InChI=1S/C22H23NO5S/c1-26-12-11-23-21(24)19(16-9-10-17(27-2)18(13-16)28-3)20(22(23)25)29-14-15-7-5-4-6-8-15/h4-10,13H,11-12,14H2,1-3H3. The first kappa shape index (κ1) is 21.0. The van der Waals surface area contributed by atoms with Crippen LogP contribution in [0.5, 0.6) is 11.5 Å². The lowest BCUT2D eigenvalue weighted by Gasteiger charge is -2.14. The minimum Gasteiger partial charge on any atom is -0.493 e. The fourth-order valence-corrected chi connectivity index (χ4v) is 4.14. The van der Waals surface area contributed by atoms with Crippen molar-refractivity contribution in [2.24, 2.45) is 0 Å². The maximum absolute atomic E-state index is 13.1. The van der Waals surface area contributed by atoms with Crippen molar-refractivity contribution in [2.45, 2.75) is 5.75 Å². The largest absolute Gasteiger partial charge is 0.493 e. The van der Waals surface area contributed by atoms with Crippen molar-refractivity contribution < 1.29 is 23.8 Å². The highest BCUT2D eigenvalue weighted by Crippen LogP contribution is 2.39. The van der Waals surface area contributed by atoms with Crippen molar-refractivity contribution in [1.29, 1.82) is 0 Å². The van der Waals surface area contributed by atoms with Gasteiger partial charge in [-0.25, -0.2) is 0 Å². The van der Waals surface area contributed by atoms with E-state index in [2.05, 4.69) is 0 Å². The lowest BCUT2D eigenvalue weighted by atomic mass is 10.1. The minimum absolute atomic E-state index is 0.209. The Bertz CT molecular complexity index is 926. The number of benzene rings is 2. The van der Waals surface area contributed by atoms with Crippen LogP contribution in [-0.4, -0.2) is 51.2 Å². The third-order valence-corrected chi connectivity index (χ3v) is 5.69. The Morgan fingerprint density at radius 3 is 2.28 bits per heavy atom. The fraction of sp³-hybridized carbons (Fsp3) is 0.273. The van der Waals surface area contributed by atoms with Gasteiger partial charge in [0.25, 0.3) is 11.8 Å². The summed E-state index contributed by atoms with van der Waals surface area (Å²) >= 11 is 1.37. The number of carbonyl (C=O) groups is 2. The molecule has 0 fully saturated rings. The molecule has 0 radical (unpaired) electrons. The van der Waals surface area contributed by atoms with Crippen LogP contribution in [0.1, 0.15) is 11.1 Å². The van der Waals surface area contributed by atoms with Crippen molar-refractivity contribution in [3.05, 3.63) is 64.6 Å². The summed E-state index contributed by atoms with van der Waals surface area (Å²) in [6, 6.07) is 15.1. The normalized spacial score (nSPS) is 14.0. The van der Waals surface area contributed by atoms with Crippen molar-refractivity contribution in [3.63, 3.8) is 0 Å². The van der Waals surface area contributed by atoms with Crippen LogP contribution in [0.4, 0.5) is 0 Å². The van der Waals surface area contributed by atoms with Gasteiger partial charge >= 0.3 is 0 Å². The fourth-order valence-electron chi connectivity index (χ4n) is 3.05. The molecular weight excluding hydrogens is 390 g/mol. The van der Waals surface area contributed by atoms with Crippen molar-refractivity contribution in [3.8, 4) is 11.5 Å². The molecule has 152 valence electrons. The van der Waals surface area contributed by atoms with Gasteiger partial charge in [0.05, 0.1) is 37.8 Å². The van der Waals surface area contributed by atoms with E-state index in [0.29, 0.717) is 33.3 Å². The summed E-state index contributed by atoms with van der Waals surface area (Å²) in [6.07, 6.45) is 0. The molecule has 1 aliphatic rings.